The molecule has 19 heavy (non-hydrogen) atoms. The molecule has 7 nitrogen and oxygen atoms in total. The Morgan fingerprint density at radius 1 is 1.42 bits per heavy atom. The van der Waals surface area contributed by atoms with Gasteiger partial charge in [-0.2, -0.15) is 0 Å². The van der Waals surface area contributed by atoms with Gasteiger partial charge in [-0.1, -0.05) is 12.1 Å². The van der Waals surface area contributed by atoms with Crippen molar-refractivity contribution in [3.63, 3.8) is 0 Å². The largest absolute Gasteiger partial charge is 0.465 e. The molecule has 0 spiro atoms. The summed E-state index contributed by atoms with van der Waals surface area (Å²) in [7, 11) is 1.25. The molecule has 3 N–H and O–H groups in total. The van der Waals surface area contributed by atoms with E-state index in [2.05, 4.69) is 10.1 Å². The zero-order valence-corrected chi connectivity index (χ0v) is 10.3. The van der Waals surface area contributed by atoms with Crippen LogP contribution in [-0.2, 0) is 9.53 Å². The number of ether oxygens (including phenoxy) is 1. The molecular weight excluding hydrogens is 250 g/mol. The summed E-state index contributed by atoms with van der Waals surface area (Å²) in [6.07, 6.45) is -0.839. The molecule has 1 aliphatic rings. The summed E-state index contributed by atoms with van der Waals surface area (Å²) in [5.41, 5.74) is 6.32. The van der Waals surface area contributed by atoms with E-state index < -0.39 is 24.1 Å². The molecule has 1 unspecified atom stereocenters. The number of urea groups is 1. The van der Waals surface area contributed by atoms with Crippen LogP contribution in [0.25, 0.3) is 0 Å². The molecule has 7 heteroatoms. The van der Waals surface area contributed by atoms with Crippen LogP contribution in [-0.4, -0.2) is 31.2 Å². The Morgan fingerprint density at radius 3 is 2.74 bits per heavy atom. The van der Waals surface area contributed by atoms with E-state index in [1.807, 2.05) is 0 Å². The number of esters is 1. The summed E-state index contributed by atoms with van der Waals surface area (Å²) < 4.78 is 4.65. The maximum absolute atomic E-state index is 11.8. The van der Waals surface area contributed by atoms with Crippen molar-refractivity contribution >= 4 is 23.6 Å². The van der Waals surface area contributed by atoms with E-state index >= 15 is 0 Å². The summed E-state index contributed by atoms with van der Waals surface area (Å²) in [5, 5.41) is 2.16. The quantitative estimate of drug-likeness (QED) is 0.742. The molecule has 3 amide bonds. The molecule has 2 rings (SSSR count). The fraction of sp³-hybridized carbons (Fsp3) is 0.250. The zero-order chi connectivity index (χ0) is 14.0. The van der Waals surface area contributed by atoms with E-state index in [9.17, 15) is 14.4 Å². The second-order valence-corrected chi connectivity index (χ2v) is 4.00. The van der Waals surface area contributed by atoms with Crippen LogP contribution in [0.15, 0.2) is 24.3 Å². The number of benzene rings is 1. The van der Waals surface area contributed by atoms with Gasteiger partial charge in [0, 0.05) is 0 Å². The topological polar surface area (TPSA) is 102 Å². The van der Waals surface area contributed by atoms with Crippen molar-refractivity contribution in [1.82, 2.24) is 5.32 Å². The normalized spacial score (nSPS) is 19.1. The number of nitrogens with two attached hydrogens (primary N) is 1. The fourth-order valence-electron chi connectivity index (χ4n) is 1.92. The molecule has 0 saturated carbocycles. The molecule has 1 atom stereocenters. The molecule has 0 aromatic heterocycles. The van der Waals surface area contributed by atoms with Crippen LogP contribution < -0.4 is 16.0 Å². The first-order valence-electron chi connectivity index (χ1n) is 5.60. The second kappa shape index (κ2) is 5.07. The number of carbonyl (C=O) groups excluding carboxylic acids is 3. The number of hydrogen-bond donors (Lipinski definition) is 2. The van der Waals surface area contributed by atoms with Gasteiger partial charge in [-0.05, 0) is 12.1 Å². The SMILES string of the molecule is COC(=O)c1ccccc1N1C(=O)NC(=O)CC1N. The predicted molar refractivity (Wildman–Crippen MR) is 66.4 cm³/mol. The minimum absolute atomic E-state index is 0.0265. The van der Waals surface area contributed by atoms with E-state index in [4.69, 9.17) is 5.73 Å². The summed E-state index contributed by atoms with van der Waals surface area (Å²) in [5.74, 6) is -1.02. The average molecular weight is 263 g/mol. The molecule has 0 aliphatic carbocycles. The molecule has 100 valence electrons. The standard InChI is InChI=1S/C12H13N3O4/c1-19-11(17)7-4-2-3-5-8(7)15-9(13)6-10(16)14-12(15)18/h2-5,9H,6,13H2,1H3,(H,14,16,18). The second-order valence-electron chi connectivity index (χ2n) is 4.00. The van der Waals surface area contributed by atoms with Crippen molar-refractivity contribution in [1.29, 1.82) is 0 Å². The summed E-state index contributed by atoms with van der Waals surface area (Å²) >= 11 is 0. The minimum Gasteiger partial charge on any atom is -0.465 e. The van der Waals surface area contributed by atoms with Gasteiger partial charge in [0.15, 0.2) is 0 Å². The lowest BCUT2D eigenvalue weighted by Gasteiger charge is -2.33. The molecular formula is C12H13N3O4. The fourth-order valence-corrected chi connectivity index (χ4v) is 1.92. The minimum atomic E-state index is -0.813. The van der Waals surface area contributed by atoms with E-state index in [0.717, 1.165) is 0 Å². The third-order valence-electron chi connectivity index (χ3n) is 2.76. The van der Waals surface area contributed by atoms with Crippen LogP contribution in [0.4, 0.5) is 10.5 Å². The van der Waals surface area contributed by atoms with Crippen LogP contribution in [0, 0.1) is 0 Å². The Hall–Kier alpha value is -2.41. The predicted octanol–water partition coefficient (Wildman–Crippen LogP) is 0.204. The molecule has 0 radical (unpaired) electrons. The van der Waals surface area contributed by atoms with Gasteiger partial charge >= 0.3 is 12.0 Å². The average Bonchev–Trinajstić information content (AvgIpc) is 2.37. The Balaban J connectivity index is 2.43. The van der Waals surface area contributed by atoms with Crippen molar-refractivity contribution in [2.45, 2.75) is 12.6 Å². The van der Waals surface area contributed by atoms with Crippen molar-refractivity contribution in [2.24, 2.45) is 5.73 Å². The van der Waals surface area contributed by atoms with Crippen molar-refractivity contribution in [3.05, 3.63) is 29.8 Å². The number of nitrogens with zero attached hydrogens (tertiary/aromatic N) is 1. The van der Waals surface area contributed by atoms with Crippen LogP contribution in [0.2, 0.25) is 0 Å². The Labute approximate surface area is 109 Å². The highest BCUT2D eigenvalue weighted by molar-refractivity contribution is 6.09. The van der Waals surface area contributed by atoms with Gasteiger partial charge in [0.05, 0.1) is 30.9 Å². The number of anilines is 1. The van der Waals surface area contributed by atoms with Gasteiger partial charge in [0.1, 0.15) is 0 Å². The first-order valence-corrected chi connectivity index (χ1v) is 5.60. The highest BCUT2D eigenvalue weighted by Crippen LogP contribution is 2.24. The smallest absolute Gasteiger partial charge is 0.339 e. The number of rotatable bonds is 2. The first-order chi connectivity index (χ1) is 9.04. The van der Waals surface area contributed by atoms with Crippen LogP contribution in [0.3, 0.4) is 0 Å². The van der Waals surface area contributed by atoms with Crippen LogP contribution in [0.5, 0.6) is 0 Å². The Kier molecular flexibility index (Phi) is 3.48. The number of methoxy groups -OCH3 is 1. The van der Waals surface area contributed by atoms with Gasteiger partial charge in [-0.15, -0.1) is 0 Å². The molecule has 1 fully saturated rings. The molecule has 1 saturated heterocycles. The van der Waals surface area contributed by atoms with E-state index in [0.29, 0.717) is 5.69 Å². The van der Waals surface area contributed by atoms with Gasteiger partial charge < -0.3 is 10.5 Å². The number of para-hydroxylation sites is 1. The lowest BCUT2D eigenvalue weighted by molar-refractivity contribution is -0.120. The van der Waals surface area contributed by atoms with Crippen molar-refractivity contribution < 1.29 is 19.1 Å². The number of imide groups is 1. The lowest BCUT2D eigenvalue weighted by Crippen LogP contribution is -2.59. The number of carbonyl (C=O) groups is 3. The number of hydrogen-bond acceptors (Lipinski definition) is 5. The highest BCUT2D eigenvalue weighted by atomic mass is 16.5. The molecule has 1 heterocycles. The van der Waals surface area contributed by atoms with E-state index in [-0.39, 0.29) is 12.0 Å². The monoisotopic (exact) mass is 263 g/mol. The zero-order valence-electron chi connectivity index (χ0n) is 10.3. The first kappa shape index (κ1) is 13.0. The molecule has 1 aromatic rings. The summed E-state index contributed by atoms with van der Waals surface area (Å²) in [6, 6.07) is 5.76. The summed E-state index contributed by atoms with van der Waals surface area (Å²) in [4.78, 5) is 35.9. The van der Waals surface area contributed by atoms with Crippen molar-refractivity contribution in [3.8, 4) is 0 Å². The van der Waals surface area contributed by atoms with Gasteiger partial charge in [-0.3, -0.25) is 15.0 Å². The van der Waals surface area contributed by atoms with Crippen molar-refractivity contribution in [2.75, 3.05) is 12.0 Å². The van der Waals surface area contributed by atoms with Gasteiger partial charge in [0.25, 0.3) is 0 Å². The maximum atomic E-state index is 11.8. The van der Waals surface area contributed by atoms with Crippen LogP contribution in [0.1, 0.15) is 16.8 Å². The molecule has 1 aliphatic heterocycles. The van der Waals surface area contributed by atoms with Gasteiger partial charge in [0.2, 0.25) is 5.91 Å². The molecule has 1 aromatic carbocycles. The van der Waals surface area contributed by atoms with E-state index in [1.165, 1.54) is 18.1 Å². The van der Waals surface area contributed by atoms with Gasteiger partial charge in [-0.25, -0.2) is 9.59 Å². The van der Waals surface area contributed by atoms with Crippen LogP contribution >= 0.6 is 0 Å². The maximum Gasteiger partial charge on any atom is 0.339 e. The van der Waals surface area contributed by atoms with E-state index in [1.54, 1.807) is 18.2 Å². The highest BCUT2D eigenvalue weighted by Gasteiger charge is 2.33. The summed E-state index contributed by atoms with van der Waals surface area (Å²) in [6.45, 7) is 0. The lowest BCUT2D eigenvalue weighted by atomic mass is 10.1. The molecule has 0 bridgehead atoms. The third-order valence-corrected chi connectivity index (χ3v) is 2.76. The Bertz CT molecular complexity index is 544. The third kappa shape index (κ3) is 2.41. The number of amides is 3. The Morgan fingerprint density at radius 2 is 2.11 bits per heavy atom. The number of nitrogens with one attached hydrogen (secondary N) is 1.